The molecule has 0 spiro atoms. The molecule has 1 unspecified atom stereocenters. The minimum absolute atomic E-state index is 0.0569. The van der Waals surface area contributed by atoms with Gasteiger partial charge < -0.3 is 15.2 Å². The Morgan fingerprint density at radius 1 is 1.47 bits per heavy atom. The number of halogens is 2. The molecule has 32 heavy (non-hydrogen) atoms. The third-order valence-corrected chi connectivity index (χ3v) is 5.96. The van der Waals surface area contributed by atoms with Crippen molar-refractivity contribution in [2.45, 2.75) is 44.2 Å². The molecule has 7 nitrogen and oxygen atoms in total. The number of pyridine rings is 1. The molecule has 4 atom stereocenters. The summed E-state index contributed by atoms with van der Waals surface area (Å²) >= 11 is 0. The minimum atomic E-state index is -1.52. The van der Waals surface area contributed by atoms with Crippen LogP contribution in [0.3, 0.4) is 0 Å². The molecule has 1 saturated carbocycles. The van der Waals surface area contributed by atoms with Crippen molar-refractivity contribution in [2.75, 3.05) is 7.11 Å². The first-order valence-electron chi connectivity index (χ1n) is 10.2. The van der Waals surface area contributed by atoms with Gasteiger partial charge in [-0.1, -0.05) is 6.07 Å². The lowest BCUT2D eigenvalue weighted by atomic mass is 9.80. The number of nitrogens with two attached hydrogens (primary N) is 1. The Kier molecular flexibility index (Phi) is 5.65. The number of carbonyl (C=O) groups is 1. The number of aliphatic imine (C=N–C) groups is 1. The van der Waals surface area contributed by atoms with Crippen LogP contribution in [0.25, 0.3) is 0 Å². The van der Waals surface area contributed by atoms with Crippen molar-refractivity contribution in [3.63, 3.8) is 0 Å². The molecule has 1 aliphatic carbocycles. The fourth-order valence-electron chi connectivity index (χ4n) is 4.42. The van der Waals surface area contributed by atoms with Crippen molar-refractivity contribution in [3.05, 3.63) is 64.2 Å². The highest BCUT2D eigenvalue weighted by Gasteiger charge is 2.62. The molecule has 1 aromatic heterocycles. The van der Waals surface area contributed by atoms with Crippen molar-refractivity contribution in [1.82, 2.24) is 4.98 Å². The van der Waals surface area contributed by atoms with Gasteiger partial charge in [-0.25, -0.2) is 13.8 Å². The van der Waals surface area contributed by atoms with E-state index in [0.717, 1.165) is 0 Å². The molecule has 9 heteroatoms. The Bertz CT molecular complexity index is 1140. The Morgan fingerprint density at radius 2 is 2.25 bits per heavy atom. The lowest BCUT2D eigenvalue weighted by Gasteiger charge is -2.35. The number of aromatic nitrogens is 1. The van der Waals surface area contributed by atoms with Crippen molar-refractivity contribution >= 4 is 11.8 Å². The molecule has 4 rings (SSSR count). The number of nitriles is 1. The van der Waals surface area contributed by atoms with Gasteiger partial charge in [0.15, 0.2) is 5.78 Å². The van der Waals surface area contributed by atoms with E-state index in [1.807, 2.05) is 6.07 Å². The second kappa shape index (κ2) is 8.28. The smallest absolute Gasteiger partial charge is 0.283 e. The van der Waals surface area contributed by atoms with E-state index in [4.69, 9.17) is 20.5 Å². The summed E-state index contributed by atoms with van der Waals surface area (Å²) < 4.78 is 40.3. The van der Waals surface area contributed by atoms with Crippen LogP contribution in [0.5, 0.6) is 0 Å². The van der Waals surface area contributed by atoms with Crippen LogP contribution in [0.4, 0.5) is 8.78 Å². The molecule has 2 heterocycles. The molecule has 0 bridgehead atoms. The average Bonchev–Trinajstić information content (AvgIpc) is 3.54. The Labute approximate surface area is 183 Å². The lowest BCUT2D eigenvalue weighted by Crippen LogP contribution is -2.44. The molecule has 2 N–H and O–H groups in total. The third kappa shape index (κ3) is 3.71. The third-order valence-electron chi connectivity index (χ3n) is 5.96. The minimum Gasteiger partial charge on any atom is -0.462 e. The molecular weight excluding hydrogens is 418 g/mol. The molecule has 166 valence electrons. The fraction of sp³-hybridized carbons (Fsp3) is 0.391. The molecule has 1 aliphatic heterocycles. The monoisotopic (exact) mass is 440 g/mol. The molecule has 2 aromatic rings. The van der Waals surface area contributed by atoms with Crippen LogP contribution in [0.1, 0.15) is 46.1 Å². The van der Waals surface area contributed by atoms with Gasteiger partial charge in [-0.2, -0.15) is 5.26 Å². The zero-order chi connectivity index (χ0) is 23.0. The van der Waals surface area contributed by atoms with Crippen LogP contribution in [-0.4, -0.2) is 36.2 Å². The largest absolute Gasteiger partial charge is 0.462 e. The van der Waals surface area contributed by atoms with Gasteiger partial charge in [-0.15, -0.1) is 0 Å². The van der Waals surface area contributed by atoms with Crippen LogP contribution in [0, 0.1) is 23.1 Å². The van der Waals surface area contributed by atoms with Gasteiger partial charge in [0.2, 0.25) is 0 Å². The SMILES string of the molecule is COCc1cc(C#N)cnc1C(=O)Cc1ccc(F)c([C@@]2(C(C)F)N=C(N)O[C@@H]3C[C@@H]32)c1. The van der Waals surface area contributed by atoms with E-state index in [-0.39, 0.29) is 48.1 Å². The van der Waals surface area contributed by atoms with Gasteiger partial charge in [0.1, 0.15) is 35.4 Å². The van der Waals surface area contributed by atoms with E-state index in [1.165, 1.54) is 38.4 Å². The number of ketones is 1. The Hall–Kier alpha value is -3.38. The van der Waals surface area contributed by atoms with E-state index in [9.17, 15) is 13.6 Å². The molecular formula is C23H22F2N4O3. The molecule has 0 radical (unpaired) electrons. The maximum absolute atomic E-state index is 14.9. The summed E-state index contributed by atoms with van der Waals surface area (Å²) in [6, 6.07) is 7.52. The van der Waals surface area contributed by atoms with Gasteiger partial charge in [-0.3, -0.25) is 9.78 Å². The fourth-order valence-corrected chi connectivity index (χ4v) is 4.42. The first-order valence-corrected chi connectivity index (χ1v) is 10.2. The highest BCUT2D eigenvalue weighted by atomic mass is 19.1. The first-order chi connectivity index (χ1) is 15.3. The van der Waals surface area contributed by atoms with Crippen molar-refractivity contribution in [3.8, 4) is 6.07 Å². The number of alkyl halides is 1. The van der Waals surface area contributed by atoms with Crippen LogP contribution >= 0.6 is 0 Å². The van der Waals surface area contributed by atoms with Gasteiger partial charge in [0, 0.05) is 36.8 Å². The summed E-state index contributed by atoms with van der Waals surface area (Å²) in [6.07, 6.45) is -0.0709. The lowest BCUT2D eigenvalue weighted by molar-refractivity contribution is 0.0982. The summed E-state index contributed by atoms with van der Waals surface area (Å²) in [6.45, 7) is 1.43. The Morgan fingerprint density at radius 3 is 2.94 bits per heavy atom. The quantitative estimate of drug-likeness (QED) is 0.663. The number of methoxy groups -OCH3 is 1. The van der Waals surface area contributed by atoms with Crippen LogP contribution in [0.15, 0.2) is 35.5 Å². The van der Waals surface area contributed by atoms with Gasteiger partial charge in [-0.05, 0) is 37.1 Å². The Balaban J connectivity index is 1.69. The maximum Gasteiger partial charge on any atom is 0.283 e. The number of hydrogen-bond acceptors (Lipinski definition) is 7. The van der Waals surface area contributed by atoms with E-state index in [0.29, 0.717) is 23.1 Å². The number of Topliss-reactive ketones (excluding diaryl/α,β-unsaturated/α-hetero) is 1. The van der Waals surface area contributed by atoms with E-state index in [1.54, 1.807) is 6.07 Å². The van der Waals surface area contributed by atoms with Gasteiger partial charge in [0.05, 0.1) is 12.2 Å². The topological polar surface area (TPSA) is 111 Å². The standard InChI is InChI=1S/C23H22F2N4O3/c1-12(24)23(17-8-20(17)32-22(27)29-23)16-6-13(3-4-18(16)25)7-19(30)21-15(11-31-2)5-14(9-26)10-28-21/h3-6,10,12,17,20H,7-8,11H2,1-2H3,(H2,27,29)/t12?,17-,20+,23+/m0/s1. The second-order valence-corrected chi connectivity index (χ2v) is 8.08. The normalized spacial score (nSPS) is 24.5. The zero-order valence-corrected chi connectivity index (χ0v) is 17.6. The number of nitrogens with zero attached hydrogens (tertiary/aromatic N) is 3. The number of hydrogen-bond donors (Lipinski definition) is 1. The molecule has 2 aliphatic rings. The summed E-state index contributed by atoms with van der Waals surface area (Å²) in [5.74, 6) is -1.28. The summed E-state index contributed by atoms with van der Waals surface area (Å²) in [5, 5.41) is 9.08. The number of carbonyl (C=O) groups excluding carboxylic acids is 1. The number of ether oxygens (including phenoxy) is 2. The second-order valence-electron chi connectivity index (χ2n) is 8.08. The van der Waals surface area contributed by atoms with Crippen molar-refractivity contribution in [2.24, 2.45) is 16.6 Å². The van der Waals surface area contributed by atoms with E-state index < -0.39 is 17.5 Å². The zero-order valence-electron chi connectivity index (χ0n) is 17.6. The molecule has 1 fully saturated rings. The van der Waals surface area contributed by atoms with Crippen LogP contribution in [-0.2, 0) is 28.0 Å². The summed E-state index contributed by atoms with van der Waals surface area (Å²) in [4.78, 5) is 21.3. The highest BCUT2D eigenvalue weighted by molar-refractivity contribution is 5.97. The average molecular weight is 440 g/mol. The predicted octanol–water partition coefficient (Wildman–Crippen LogP) is 2.95. The van der Waals surface area contributed by atoms with Crippen molar-refractivity contribution in [1.29, 1.82) is 5.26 Å². The summed E-state index contributed by atoms with van der Waals surface area (Å²) in [5.41, 5.74) is 5.76. The molecule has 0 saturated heterocycles. The van der Waals surface area contributed by atoms with Crippen molar-refractivity contribution < 1.29 is 23.0 Å². The number of benzene rings is 1. The van der Waals surface area contributed by atoms with Crippen LogP contribution in [0.2, 0.25) is 0 Å². The van der Waals surface area contributed by atoms with Crippen LogP contribution < -0.4 is 5.73 Å². The predicted molar refractivity (Wildman–Crippen MR) is 111 cm³/mol. The van der Waals surface area contributed by atoms with Gasteiger partial charge in [0.25, 0.3) is 6.02 Å². The number of amidine groups is 1. The molecule has 1 aromatic carbocycles. The van der Waals surface area contributed by atoms with E-state index in [2.05, 4.69) is 9.98 Å². The van der Waals surface area contributed by atoms with E-state index >= 15 is 0 Å². The maximum atomic E-state index is 14.9. The number of rotatable bonds is 7. The summed E-state index contributed by atoms with van der Waals surface area (Å²) in [7, 11) is 1.47. The molecule has 0 amide bonds. The van der Waals surface area contributed by atoms with Gasteiger partial charge >= 0.3 is 0 Å². The first kappa shape index (κ1) is 21.8. The highest BCUT2D eigenvalue weighted by Crippen LogP contribution is 2.55. The number of fused-ring (bicyclic) bond motifs is 1.